The molecule has 0 saturated carbocycles. The van der Waals surface area contributed by atoms with Crippen LogP contribution < -0.4 is 31.5 Å². The summed E-state index contributed by atoms with van der Waals surface area (Å²) in [6.45, 7) is 6.27. The number of carbonyl (C=O) groups is 3. The van der Waals surface area contributed by atoms with Gasteiger partial charge in [0.1, 0.15) is 55.9 Å². The van der Waals surface area contributed by atoms with Gasteiger partial charge in [0.15, 0.2) is 11.9 Å². The molecule has 1 fully saturated rings. The van der Waals surface area contributed by atoms with Gasteiger partial charge in [-0.15, -0.1) is 0 Å². The number of azide groups is 2. The highest BCUT2D eigenvalue weighted by atomic mass is 32.2. The van der Waals surface area contributed by atoms with Crippen molar-refractivity contribution >= 4 is 74.0 Å². The minimum atomic E-state index is -5.87. The van der Waals surface area contributed by atoms with E-state index in [1.807, 2.05) is 55.2 Å². The Kier molecular flexibility index (Phi) is 27.7. The Labute approximate surface area is 589 Å². The SMILES string of the molecule is CC1(C)C(=CC=CC2=[N+](CCCCCC(=O)CCCNC(=O)c3cccc(OCC(N=[N+]=[N-])OCCOCC(=O)NCC#Cc4cn([C@H]5CC(OCN=[N+]=[N-])[C@@H](COP(=O)(O)OP(=O)(O)OP(=O)(O)O)O5)c(=O)[nH]c4=O)c3)c3ccc(S(=O)(=O)O)cc3C2(C)C)N(c2ccccc2)c2ccccc21. The maximum Gasteiger partial charge on any atom is 0.490 e. The molecule has 8 N–H and O–H groups in total. The van der Waals surface area contributed by atoms with Gasteiger partial charge in [-0.2, -0.15) is 21.6 Å². The van der Waals surface area contributed by atoms with Crippen LogP contribution in [0.1, 0.15) is 106 Å². The highest BCUT2D eigenvalue weighted by Crippen LogP contribution is 2.66. The molecular formula is C64H76N12O23P3S+. The Bertz CT molecular complexity index is 4620. The van der Waals surface area contributed by atoms with Crippen LogP contribution in [0, 0.1) is 11.8 Å². The predicted octanol–water partition coefficient (Wildman–Crippen LogP) is 8.57. The molecule has 0 radical (unpaired) electrons. The minimum Gasteiger partial charge on any atom is -0.491 e. The summed E-state index contributed by atoms with van der Waals surface area (Å²) in [5.74, 6) is 4.27. The van der Waals surface area contributed by atoms with Gasteiger partial charge in [0.2, 0.25) is 11.6 Å². The van der Waals surface area contributed by atoms with Gasteiger partial charge < -0.3 is 58.8 Å². The first-order valence-electron chi connectivity index (χ1n) is 31.8. The Hall–Kier alpha value is -8.74. The number of ketones is 1. The van der Waals surface area contributed by atoms with Crippen molar-refractivity contribution in [1.29, 1.82) is 0 Å². The summed E-state index contributed by atoms with van der Waals surface area (Å²) in [5.41, 5.74) is 21.8. The number of amides is 2. The number of allylic oxidation sites excluding steroid dienone is 4. The molecule has 0 aliphatic carbocycles. The van der Waals surface area contributed by atoms with Gasteiger partial charge in [-0.1, -0.05) is 84.5 Å². The lowest BCUT2D eigenvalue weighted by molar-refractivity contribution is -0.438. The van der Waals surface area contributed by atoms with Crippen molar-refractivity contribution in [1.82, 2.24) is 20.2 Å². The Morgan fingerprint density at radius 2 is 1.62 bits per heavy atom. The summed E-state index contributed by atoms with van der Waals surface area (Å²) < 4.78 is 113. The highest BCUT2D eigenvalue weighted by Gasteiger charge is 2.47. The molecule has 0 bridgehead atoms. The molecule has 4 aromatic carbocycles. The zero-order chi connectivity index (χ0) is 74.8. The molecule has 1 saturated heterocycles. The molecule has 3 aliphatic rings. The number of ether oxygens (including phenoxy) is 5. The third-order valence-corrected chi connectivity index (χ3v) is 21.0. The monoisotopic (exact) mass is 1510 g/mol. The topological polar surface area (TPSA) is 494 Å². The number of aromatic nitrogens is 2. The normalized spacial score (nSPS) is 18.5. The third kappa shape index (κ3) is 22.4. The molecule has 2 amide bonds. The number of anilines is 2. The molecule has 0 spiro atoms. The number of nitrogens with zero attached hydrogens (tertiary/aromatic N) is 9. The summed E-state index contributed by atoms with van der Waals surface area (Å²) in [5, 5.41) is 12.0. The summed E-state index contributed by atoms with van der Waals surface area (Å²) in [4.78, 5) is 111. The van der Waals surface area contributed by atoms with Crippen molar-refractivity contribution in [3.8, 4) is 17.6 Å². The zero-order valence-electron chi connectivity index (χ0n) is 56.0. The first-order valence-corrected chi connectivity index (χ1v) is 37.8. The average Bonchev–Trinajstić information content (AvgIpc) is 1.59. The average molecular weight is 1510 g/mol. The van der Waals surface area contributed by atoms with Gasteiger partial charge in [-0.25, -0.2) is 18.5 Å². The first-order chi connectivity index (χ1) is 48.8. The largest absolute Gasteiger partial charge is 0.491 e. The number of phosphoric acid groups is 3. The number of nitrogens with one attached hydrogen (secondary N) is 3. The van der Waals surface area contributed by atoms with Gasteiger partial charge >= 0.3 is 29.2 Å². The standard InChI is InChI=1S/C64H75N12O23P3S/c1-63(2)49-24-10-11-25-52(49)76(45-19-7-5-8-20-45)56(63)27-14-26-55-64(3,4)50-36-48(103(89,90)91)28-29-51(50)74(55)32-12-6-9-21-46(77)22-16-31-68-60(79)43-17-13-23-47(35-43)94-41-58(71-73-66)93-34-33-92-40-57(78)67-30-15-18-44-38-75(62(81)70-61(44)80)59-37-53(95-42-69-72-65)54(97-59)39-96-101(85,86)99-102(87,88)98-100(82,83)84/h5,7-8,10-11,13-14,17,19-20,23-29,35-36,38,53-54,58-59H,6,9,12,16,21-22,30-34,37,39-42H2,1-4H3,(H7-,67,68,70,78,79,80,81,82,83,84,85,86,87,88,89,90,91)/p+1/t53?,54-,58?,59-/m1/s1. The smallest absolute Gasteiger partial charge is 0.490 e. The van der Waals surface area contributed by atoms with Crippen LogP contribution in [0.3, 0.4) is 0 Å². The van der Waals surface area contributed by atoms with E-state index >= 15 is 0 Å². The molecule has 39 heteroatoms. The van der Waals surface area contributed by atoms with Crippen molar-refractivity contribution in [3.63, 3.8) is 0 Å². The molecule has 4 heterocycles. The van der Waals surface area contributed by atoms with E-state index in [9.17, 15) is 60.4 Å². The molecule has 6 atom stereocenters. The van der Waals surface area contributed by atoms with E-state index in [0.29, 0.717) is 25.8 Å². The van der Waals surface area contributed by atoms with E-state index in [1.165, 1.54) is 23.8 Å². The molecule has 5 aromatic rings. The number of hydrogen-bond acceptors (Lipinski definition) is 21. The second-order valence-electron chi connectivity index (χ2n) is 24.3. The minimum absolute atomic E-state index is 0.0537. The van der Waals surface area contributed by atoms with Crippen molar-refractivity contribution in [2.45, 2.75) is 113 Å². The van der Waals surface area contributed by atoms with Crippen LogP contribution in [0.5, 0.6) is 5.75 Å². The molecule has 8 rings (SSSR count). The van der Waals surface area contributed by atoms with Crippen LogP contribution in [0.4, 0.5) is 17.1 Å². The number of aromatic amines is 1. The van der Waals surface area contributed by atoms with Crippen LogP contribution >= 0.6 is 23.5 Å². The van der Waals surface area contributed by atoms with Crippen LogP contribution in [0.2, 0.25) is 0 Å². The van der Waals surface area contributed by atoms with E-state index in [1.54, 1.807) is 24.3 Å². The lowest BCUT2D eigenvalue weighted by Gasteiger charge is -2.27. The van der Waals surface area contributed by atoms with Crippen molar-refractivity contribution in [3.05, 3.63) is 191 Å². The molecule has 550 valence electrons. The van der Waals surface area contributed by atoms with E-state index in [0.717, 1.165) is 57.6 Å². The number of hydrogen-bond donors (Lipinski definition) is 8. The number of unbranched alkanes of at least 4 members (excludes halogenated alkanes) is 2. The molecule has 1 aromatic heterocycles. The van der Waals surface area contributed by atoms with E-state index < -0.39 is 107 Å². The Morgan fingerprint density at radius 3 is 2.36 bits per heavy atom. The number of benzene rings is 4. The van der Waals surface area contributed by atoms with E-state index in [2.05, 4.69) is 115 Å². The molecule has 4 unspecified atom stereocenters. The molecular weight excluding hydrogens is 1430 g/mol. The van der Waals surface area contributed by atoms with Crippen LogP contribution in [-0.2, 0) is 76.3 Å². The van der Waals surface area contributed by atoms with Gasteiger partial charge in [0.05, 0.1) is 42.8 Å². The second-order valence-corrected chi connectivity index (χ2v) is 30.1. The van der Waals surface area contributed by atoms with Gasteiger partial charge in [-0.3, -0.25) is 37.8 Å². The van der Waals surface area contributed by atoms with Crippen molar-refractivity contribution in [2.24, 2.45) is 10.2 Å². The predicted molar refractivity (Wildman–Crippen MR) is 369 cm³/mol. The maximum atomic E-state index is 13.2. The number of fused-ring (bicyclic) bond motifs is 2. The van der Waals surface area contributed by atoms with Crippen molar-refractivity contribution < 1.29 is 102 Å². The summed E-state index contributed by atoms with van der Waals surface area (Å²) >= 11 is 0. The summed E-state index contributed by atoms with van der Waals surface area (Å²) in [6, 6.07) is 29.5. The Morgan fingerprint density at radius 1 is 0.874 bits per heavy atom. The Balaban J connectivity index is 0.736. The highest BCUT2D eigenvalue weighted by molar-refractivity contribution is 7.85. The second kappa shape index (κ2) is 35.6. The van der Waals surface area contributed by atoms with Crippen LogP contribution in [-0.4, -0.2) is 148 Å². The van der Waals surface area contributed by atoms with Crippen LogP contribution in [0.15, 0.2) is 152 Å². The number of para-hydroxylation sites is 2. The number of Topliss-reactive ketones (excluding diaryl/α,β-unsaturated/α-hetero) is 1. The number of phosphoric ester groups is 1. The lowest BCUT2D eigenvalue weighted by Crippen LogP contribution is -2.34. The molecule has 3 aliphatic heterocycles. The fraction of sp³-hybridized carbons (Fsp3) is 0.406. The zero-order valence-corrected chi connectivity index (χ0v) is 59.5. The van der Waals surface area contributed by atoms with Crippen molar-refractivity contribution in [2.75, 3.05) is 64.3 Å². The first kappa shape index (κ1) is 80.0. The maximum absolute atomic E-state index is 13.2. The molecule has 103 heavy (non-hydrogen) atoms. The number of rotatable bonds is 37. The van der Waals surface area contributed by atoms with Gasteiger partial charge in [0, 0.05) is 94.0 Å². The number of carbonyl (C=O) groups excluding carboxylic acids is 3. The fourth-order valence-corrected chi connectivity index (χ4v) is 15.1. The third-order valence-electron chi connectivity index (χ3n) is 16.4. The van der Waals surface area contributed by atoms with Crippen LogP contribution in [0.25, 0.3) is 20.9 Å². The van der Waals surface area contributed by atoms with E-state index in [-0.39, 0.29) is 78.7 Å². The fourth-order valence-electron chi connectivity index (χ4n) is 11.6. The summed E-state index contributed by atoms with van der Waals surface area (Å²) in [6.07, 6.45) is 4.96. The van der Waals surface area contributed by atoms with Gasteiger partial charge in [0.25, 0.3) is 21.6 Å². The molecule has 35 nitrogen and oxygen atoms in total. The van der Waals surface area contributed by atoms with Gasteiger partial charge in [-0.05, 0) is 104 Å². The lowest BCUT2D eigenvalue weighted by atomic mass is 9.81. The number of H-pyrrole nitrogens is 1. The quantitative estimate of drug-likeness (QED) is 0.00269. The van der Waals surface area contributed by atoms with E-state index in [4.69, 9.17) is 44.5 Å². The summed E-state index contributed by atoms with van der Waals surface area (Å²) in [7, 11) is -21.7.